The van der Waals surface area contributed by atoms with Gasteiger partial charge in [0.2, 0.25) is 0 Å². The summed E-state index contributed by atoms with van der Waals surface area (Å²) < 4.78 is 4.14. The van der Waals surface area contributed by atoms with Crippen molar-refractivity contribution in [1.29, 1.82) is 0 Å². The summed E-state index contributed by atoms with van der Waals surface area (Å²) >= 11 is 15.6. The third kappa shape index (κ3) is 3.95. The number of rotatable bonds is 5. The summed E-state index contributed by atoms with van der Waals surface area (Å²) in [5, 5.41) is 12.6. The molecule has 0 saturated carbocycles. The Morgan fingerprint density at radius 2 is 2.12 bits per heavy atom. The van der Waals surface area contributed by atoms with E-state index in [4.69, 9.17) is 23.2 Å². The monoisotopic (exact) mass is 455 g/mol. The number of anilines is 1. The summed E-state index contributed by atoms with van der Waals surface area (Å²) in [5.41, 5.74) is 2.21. The van der Waals surface area contributed by atoms with E-state index in [0.717, 1.165) is 11.3 Å². The Bertz CT molecular complexity index is 966. The fourth-order valence-electron chi connectivity index (χ4n) is 2.55. The van der Waals surface area contributed by atoms with Crippen LogP contribution in [0.25, 0.3) is 0 Å². The normalized spacial score (nSPS) is 11.0. The fraction of sp³-hybridized carbons (Fsp3) is 0.235. The first-order chi connectivity index (χ1) is 12.4. The third-order valence-electron chi connectivity index (χ3n) is 3.94. The van der Waals surface area contributed by atoms with Gasteiger partial charge in [-0.2, -0.15) is 10.2 Å². The molecule has 0 spiro atoms. The minimum atomic E-state index is -0.252. The number of carbonyl (C=O) groups excluding carboxylic acids is 1. The average Bonchev–Trinajstić information content (AvgIpc) is 3.12. The zero-order valence-corrected chi connectivity index (χ0v) is 17.2. The zero-order valence-electron chi connectivity index (χ0n) is 14.1. The van der Waals surface area contributed by atoms with Gasteiger partial charge in [-0.3, -0.25) is 14.2 Å². The SMILES string of the molecule is CCn1ncc(C(=O)Nc2nn(Cc3ccc(Cl)cc3Cl)cc2Br)c1C. The maximum absolute atomic E-state index is 12.5. The van der Waals surface area contributed by atoms with Crippen LogP contribution >= 0.6 is 39.1 Å². The molecular weight excluding hydrogens is 441 g/mol. The predicted octanol–water partition coefficient (Wildman–Crippen LogP) is 4.78. The highest BCUT2D eigenvalue weighted by molar-refractivity contribution is 9.10. The summed E-state index contributed by atoms with van der Waals surface area (Å²) in [6.45, 7) is 5.00. The van der Waals surface area contributed by atoms with Crippen LogP contribution in [-0.4, -0.2) is 25.5 Å². The molecule has 3 aromatic rings. The Labute approximate surface area is 169 Å². The Balaban J connectivity index is 1.77. The molecule has 0 saturated heterocycles. The minimum absolute atomic E-state index is 0.252. The van der Waals surface area contributed by atoms with Gasteiger partial charge in [-0.25, -0.2) is 0 Å². The van der Waals surface area contributed by atoms with E-state index >= 15 is 0 Å². The largest absolute Gasteiger partial charge is 0.304 e. The zero-order chi connectivity index (χ0) is 18.8. The second-order valence-electron chi connectivity index (χ2n) is 5.67. The fourth-order valence-corrected chi connectivity index (χ4v) is 3.43. The Hall–Kier alpha value is -1.83. The number of amides is 1. The lowest BCUT2D eigenvalue weighted by Crippen LogP contribution is -2.14. The van der Waals surface area contributed by atoms with Crippen molar-refractivity contribution in [3.63, 3.8) is 0 Å². The Morgan fingerprint density at radius 1 is 1.35 bits per heavy atom. The first kappa shape index (κ1) is 18.9. The van der Waals surface area contributed by atoms with E-state index in [0.29, 0.717) is 39.0 Å². The van der Waals surface area contributed by atoms with Crippen molar-refractivity contribution in [2.75, 3.05) is 5.32 Å². The van der Waals surface area contributed by atoms with Gasteiger partial charge in [0.15, 0.2) is 5.82 Å². The van der Waals surface area contributed by atoms with Crippen molar-refractivity contribution in [3.05, 3.63) is 61.9 Å². The molecule has 0 aliphatic carbocycles. The van der Waals surface area contributed by atoms with Crippen LogP contribution in [-0.2, 0) is 13.1 Å². The standard InChI is InChI=1S/C17H16BrCl2N5O/c1-3-25-10(2)13(7-21-25)17(26)22-16-14(18)9-24(23-16)8-11-4-5-12(19)6-15(11)20/h4-7,9H,3,8H2,1-2H3,(H,22,23,26). The number of hydrogen-bond acceptors (Lipinski definition) is 3. The number of aryl methyl sites for hydroxylation is 1. The molecule has 1 N–H and O–H groups in total. The maximum Gasteiger partial charge on any atom is 0.260 e. The first-order valence-electron chi connectivity index (χ1n) is 7.89. The highest BCUT2D eigenvalue weighted by atomic mass is 79.9. The molecule has 136 valence electrons. The highest BCUT2D eigenvalue weighted by Gasteiger charge is 2.17. The maximum atomic E-state index is 12.5. The van der Waals surface area contributed by atoms with Gasteiger partial charge >= 0.3 is 0 Å². The van der Waals surface area contributed by atoms with Crippen LogP contribution in [0.2, 0.25) is 10.0 Å². The quantitative estimate of drug-likeness (QED) is 0.600. The Morgan fingerprint density at radius 3 is 2.77 bits per heavy atom. The molecule has 0 aliphatic rings. The van der Waals surface area contributed by atoms with Crippen LogP contribution in [0.5, 0.6) is 0 Å². The summed E-state index contributed by atoms with van der Waals surface area (Å²) in [5.74, 6) is 0.182. The van der Waals surface area contributed by atoms with E-state index < -0.39 is 0 Å². The van der Waals surface area contributed by atoms with Crippen molar-refractivity contribution in [2.45, 2.75) is 26.9 Å². The summed E-state index contributed by atoms with van der Waals surface area (Å²) in [7, 11) is 0. The van der Waals surface area contributed by atoms with Crippen LogP contribution in [0.1, 0.15) is 28.5 Å². The van der Waals surface area contributed by atoms with E-state index in [1.165, 1.54) is 0 Å². The van der Waals surface area contributed by atoms with E-state index in [2.05, 4.69) is 31.4 Å². The van der Waals surface area contributed by atoms with Crippen LogP contribution in [0, 0.1) is 6.92 Å². The van der Waals surface area contributed by atoms with Gasteiger partial charge < -0.3 is 5.32 Å². The second kappa shape index (κ2) is 7.82. The van der Waals surface area contributed by atoms with Gasteiger partial charge in [-0.15, -0.1) is 0 Å². The molecule has 3 rings (SSSR count). The minimum Gasteiger partial charge on any atom is -0.304 e. The molecule has 0 fully saturated rings. The van der Waals surface area contributed by atoms with Gasteiger partial charge in [0.05, 0.1) is 22.8 Å². The molecule has 26 heavy (non-hydrogen) atoms. The lowest BCUT2D eigenvalue weighted by molar-refractivity contribution is 0.102. The molecule has 0 atom stereocenters. The molecule has 1 amide bonds. The van der Waals surface area contributed by atoms with Crippen molar-refractivity contribution >= 4 is 50.9 Å². The van der Waals surface area contributed by atoms with Crippen LogP contribution in [0.15, 0.2) is 35.1 Å². The number of nitrogens with zero attached hydrogens (tertiary/aromatic N) is 4. The molecule has 0 aliphatic heterocycles. The molecule has 1 aromatic carbocycles. The number of hydrogen-bond donors (Lipinski definition) is 1. The van der Waals surface area contributed by atoms with Gasteiger partial charge in [-0.1, -0.05) is 29.3 Å². The van der Waals surface area contributed by atoms with Crippen molar-refractivity contribution < 1.29 is 4.79 Å². The van der Waals surface area contributed by atoms with Crippen LogP contribution in [0.4, 0.5) is 5.82 Å². The molecule has 2 heterocycles. The van der Waals surface area contributed by atoms with Crippen molar-refractivity contribution in [3.8, 4) is 0 Å². The average molecular weight is 457 g/mol. The molecule has 9 heteroatoms. The van der Waals surface area contributed by atoms with E-state index in [1.807, 2.05) is 19.9 Å². The van der Waals surface area contributed by atoms with Crippen LogP contribution < -0.4 is 5.32 Å². The topological polar surface area (TPSA) is 64.7 Å². The number of aromatic nitrogens is 4. The third-order valence-corrected chi connectivity index (χ3v) is 5.11. The number of nitrogens with one attached hydrogen (secondary N) is 1. The molecule has 0 bridgehead atoms. The van der Waals surface area contributed by atoms with Gasteiger partial charge in [0, 0.05) is 28.5 Å². The number of carbonyl (C=O) groups is 1. The number of benzene rings is 1. The Kier molecular flexibility index (Phi) is 5.70. The molecule has 2 aromatic heterocycles. The van der Waals surface area contributed by atoms with E-state index in [1.54, 1.807) is 33.9 Å². The molecule has 0 radical (unpaired) electrons. The molecule has 6 nitrogen and oxygen atoms in total. The van der Waals surface area contributed by atoms with Crippen LogP contribution in [0.3, 0.4) is 0 Å². The van der Waals surface area contributed by atoms with Crippen molar-refractivity contribution in [2.24, 2.45) is 0 Å². The summed E-state index contributed by atoms with van der Waals surface area (Å²) in [6.07, 6.45) is 3.34. The predicted molar refractivity (Wildman–Crippen MR) is 106 cm³/mol. The number of halogens is 3. The molecular formula is C17H16BrCl2N5O. The van der Waals surface area contributed by atoms with E-state index in [9.17, 15) is 4.79 Å². The lowest BCUT2D eigenvalue weighted by Gasteiger charge is -2.05. The van der Waals surface area contributed by atoms with Gasteiger partial charge in [0.25, 0.3) is 5.91 Å². The van der Waals surface area contributed by atoms with E-state index in [-0.39, 0.29) is 5.91 Å². The van der Waals surface area contributed by atoms with Gasteiger partial charge in [-0.05, 0) is 47.5 Å². The summed E-state index contributed by atoms with van der Waals surface area (Å²) in [6, 6.07) is 5.31. The molecule has 0 unspecified atom stereocenters. The van der Waals surface area contributed by atoms with Gasteiger partial charge in [0.1, 0.15) is 0 Å². The highest BCUT2D eigenvalue weighted by Crippen LogP contribution is 2.25. The smallest absolute Gasteiger partial charge is 0.260 e. The summed E-state index contributed by atoms with van der Waals surface area (Å²) in [4.78, 5) is 12.5. The van der Waals surface area contributed by atoms with Crippen molar-refractivity contribution in [1.82, 2.24) is 19.6 Å². The lowest BCUT2D eigenvalue weighted by atomic mass is 10.2. The second-order valence-corrected chi connectivity index (χ2v) is 7.37. The first-order valence-corrected chi connectivity index (χ1v) is 9.44.